The minimum Gasteiger partial charge on any atom is -0.336 e. The summed E-state index contributed by atoms with van der Waals surface area (Å²) in [4.78, 5) is 17.6. The van der Waals surface area contributed by atoms with Crippen molar-refractivity contribution < 1.29 is 9.18 Å². The number of hydrogen-bond donors (Lipinski definition) is 0. The quantitative estimate of drug-likeness (QED) is 0.457. The Hall–Kier alpha value is -3.24. The number of amides is 1. The summed E-state index contributed by atoms with van der Waals surface area (Å²) in [7, 11) is 0. The molecule has 0 aromatic heterocycles. The van der Waals surface area contributed by atoms with E-state index in [1.165, 1.54) is 6.07 Å². The molecule has 4 rings (SSSR count). The molecule has 1 heterocycles. The van der Waals surface area contributed by atoms with Gasteiger partial charge in [0.05, 0.1) is 0 Å². The van der Waals surface area contributed by atoms with Gasteiger partial charge in [0.25, 0.3) is 5.91 Å². The Bertz CT molecular complexity index is 1010. The molecule has 0 radical (unpaired) electrons. The topological polar surface area (TPSA) is 23.6 Å². The summed E-state index contributed by atoms with van der Waals surface area (Å²) in [6, 6.07) is 26.5. The molecule has 0 atom stereocenters. The van der Waals surface area contributed by atoms with Crippen LogP contribution in [0.5, 0.6) is 0 Å². The maximum atomic E-state index is 13.4. The molecule has 0 spiro atoms. The number of piperazine rings is 1. The Morgan fingerprint density at radius 2 is 1.50 bits per heavy atom. The summed E-state index contributed by atoms with van der Waals surface area (Å²) in [5.74, 6) is -0.157. The van der Waals surface area contributed by atoms with Crippen LogP contribution in [0.1, 0.15) is 16.7 Å². The van der Waals surface area contributed by atoms with Crippen molar-refractivity contribution in [3.05, 3.63) is 107 Å². The van der Waals surface area contributed by atoms with Gasteiger partial charge in [-0.15, -0.1) is 0 Å². The molecule has 1 fully saturated rings. The molecule has 1 saturated heterocycles. The van der Waals surface area contributed by atoms with Crippen LogP contribution in [0.15, 0.2) is 84.9 Å². The lowest BCUT2D eigenvalue weighted by molar-refractivity contribution is -0.126. The number of hydrogen-bond acceptors (Lipinski definition) is 2. The Labute approximate surface area is 177 Å². The van der Waals surface area contributed by atoms with Crippen LogP contribution < -0.4 is 0 Å². The fraction of sp³-hybridized carbons (Fsp3) is 0.192. The van der Waals surface area contributed by atoms with Gasteiger partial charge >= 0.3 is 0 Å². The average Bonchev–Trinajstić information content (AvgIpc) is 2.79. The van der Waals surface area contributed by atoms with Crippen LogP contribution in [0.3, 0.4) is 0 Å². The summed E-state index contributed by atoms with van der Waals surface area (Å²) >= 11 is 0. The third-order valence-corrected chi connectivity index (χ3v) is 5.38. The van der Waals surface area contributed by atoms with Gasteiger partial charge in [0.15, 0.2) is 0 Å². The fourth-order valence-electron chi connectivity index (χ4n) is 3.78. The van der Waals surface area contributed by atoms with Gasteiger partial charge in [-0.3, -0.25) is 9.69 Å². The molecule has 3 aromatic carbocycles. The molecule has 1 aliphatic heterocycles. The molecule has 0 unspecified atom stereocenters. The Morgan fingerprint density at radius 3 is 2.17 bits per heavy atom. The Kier molecular flexibility index (Phi) is 6.35. The van der Waals surface area contributed by atoms with Crippen LogP contribution in [0.25, 0.3) is 11.6 Å². The van der Waals surface area contributed by atoms with Crippen molar-refractivity contribution in [2.75, 3.05) is 26.2 Å². The highest BCUT2D eigenvalue weighted by molar-refractivity contribution is 6.24. The molecule has 30 heavy (non-hydrogen) atoms. The summed E-state index contributed by atoms with van der Waals surface area (Å²) in [6.45, 7) is 3.57. The first-order valence-corrected chi connectivity index (χ1v) is 10.3. The summed E-state index contributed by atoms with van der Waals surface area (Å²) in [6.07, 6.45) is 1.97. The zero-order chi connectivity index (χ0) is 20.8. The second kappa shape index (κ2) is 9.51. The molecule has 0 aliphatic carbocycles. The SMILES string of the molecule is O=C(/C(=C\c1ccccc1)c1ccccc1)N1CCN(Cc2cccc(F)c2)CC1. The van der Waals surface area contributed by atoms with Crippen LogP contribution >= 0.6 is 0 Å². The molecular weight excluding hydrogens is 375 g/mol. The Balaban J connectivity index is 1.47. The van der Waals surface area contributed by atoms with E-state index in [9.17, 15) is 9.18 Å². The van der Waals surface area contributed by atoms with Crippen LogP contribution in [-0.4, -0.2) is 41.9 Å². The monoisotopic (exact) mass is 400 g/mol. The highest BCUT2D eigenvalue weighted by Crippen LogP contribution is 2.22. The van der Waals surface area contributed by atoms with Crippen molar-refractivity contribution in [1.29, 1.82) is 0 Å². The maximum absolute atomic E-state index is 13.4. The zero-order valence-corrected chi connectivity index (χ0v) is 16.9. The smallest absolute Gasteiger partial charge is 0.254 e. The van der Waals surface area contributed by atoms with Gasteiger partial charge in [-0.1, -0.05) is 72.8 Å². The first-order valence-electron chi connectivity index (χ1n) is 10.3. The third-order valence-electron chi connectivity index (χ3n) is 5.38. The van der Waals surface area contributed by atoms with Crippen LogP contribution in [0.2, 0.25) is 0 Å². The predicted octanol–water partition coefficient (Wildman–Crippen LogP) is 4.71. The largest absolute Gasteiger partial charge is 0.336 e. The minimum absolute atomic E-state index is 0.0514. The summed E-state index contributed by atoms with van der Waals surface area (Å²) < 4.78 is 13.4. The lowest BCUT2D eigenvalue weighted by Gasteiger charge is -2.35. The van der Waals surface area contributed by atoms with E-state index >= 15 is 0 Å². The standard InChI is InChI=1S/C26H25FN2O/c27-24-13-7-10-22(18-24)20-28-14-16-29(17-15-28)26(30)25(23-11-5-2-6-12-23)19-21-8-3-1-4-9-21/h1-13,18-19H,14-17,20H2/b25-19-. The third kappa shape index (κ3) is 5.02. The summed E-state index contributed by atoms with van der Waals surface area (Å²) in [5.41, 5.74) is 3.60. The number of rotatable bonds is 5. The molecule has 152 valence electrons. The minimum atomic E-state index is -0.208. The van der Waals surface area contributed by atoms with Crippen molar-refractivity contribution in [3.63, 3.8) is 0 Å². The van der Waals surface area contributed by atoms with E-state index in [1.54, 1.807) is 12.1 Å². The lowest BCUT2D eigenvalue weighted by atomic mass is 10.0. The van der Waals surface area contributed by atoms with Crippen LogP contribution in [0, 0.1) is 5.82 Å². The second-order valence-corrected chi connectivity index (χ2v) is 7.53. The number of nitrogens with zero attached hydrogens (tertiary/aromatic N) is 2. The average molecular weight is 400 g/mol. The number of carbonyl (C=O) groups excluding carboxylic acids is 1. The van der Waals surface area contributed by atoms with Crippen LogP contribution in [0.4, 0.5) is 4.39 Å². The van der Waals surface area contributed by atoms with E-state index in [1.807, 2.05) is 77.7 Å². The fourth-order valence-corrected chi connectivity index (χ4v) is 3.78. The van der Waals surface area contributed by atoms with Crippen molar-refractivity contribution in [3.8, 4) is 0 Å². The predicted molar refractivity (Wildman–Crippen MR) is 119 cm³/mol. The highest BCUT2D eigenvalue weighted by atomic mass is 19.1. The van der Waals surface area contributed by atoms with Gasteiger partial charge < -0.3 is 4.90 Å². The molecule has 1 aliphatic rings. The molecule has 0 bridgehead atoms. The van der Waals surface area contributed by atoms with Gasteiger partial charge in [0.1, 0.15) is 5.82 Å². The van der Waals surface area contributed by atoms with Crippen LogP contribution in [-0.2, 0) is 11.3 Å². The van der Waals surface area contributed by atoms with E-state index < -0.39 is 0 Å². The van der Waals surface area contributed by atoms with Crippen molar-refractivity contribution in [2.45, 2.75) is 6.54 Å². The molecule has 0 N–H and O–H groups in total. The number of benzene rings is 3. The van der Waals surface area contributed by atoms with Gasteiger partial charge in [0, 0.05) is 38.3 Å². The number of carbonyl (C=O) groups is 1. The number of halogens is 1. The Morgan fingerprint density at radius 1 is 0.833 bits per heavy atom. The highest BCUT2D eigenvalue weighted by Gasteiger charge is 2.24. The summed E-state index contributed by atoms with van der Waals surface area (Å²) in [5, 5.41) is 0. The van der Waals surface area contributed by atoms with E-state index in [2.05, 4.69) is 4.90 Å². The van der Waals surface area contributed by atoms with Crippen molar-refractivity contribution in [1.82, 2.24) is 9.80 Å². The molecule has 3 aromatic rings. The van der Waals surface area contributed by atoms with Crippen molar-refractivity contribution in [2.24, 2.45) is 0 Å². The second-order valence-electron chi connectivity index (χ2n) is 7.53. The van der Waals surface area contributed by atoms with Gasteiger partial charge in [0.2, 0.25) is 0 Å². The zero-order valence-electron chi connectivity index (χ0n) is 16.9. The van der Waals surface area contributed by atoms with E-state index in [0.717, 1.165) is 29.8 Å². The van der Waals surface area contributed by atoms with Gasteiger partial charge in [-0.05, 0) is 34.9 Å². The van der Waals surface area contributed by atoms with E-state index in [-0.39, 0.29) is 11.7 Å². The molecule has 3 nitrogen and oxygen atoms in total. The van der Waals surface area contributed by atoms with Crippen molar-refractivity contribution >= 4 is 17.6 Å². The molecule has 4 heteroatoms. The first-order chi connectivity index (χ1) is 14.7. The maximum Gasteiger partial charge on any atom is 0.254 e. The van der Waals surface area contributed by atoms with Gasteiger partial charge in [-0.2, -0.15) is 0 Å². The van der Waals surface area contributed by atoms with E-state index in [4.69, 9.17) is 0 Å². The molecule has 0 saturated carbocycles. The molecular formula is C26H25FN2O. The van der Waals surface area contributed by atoms with E-state index in [0.29, 0.717) is 25.2 Å². The molecule has 1 amide bonds. The normalized spacial score (nSPS) is 15.2. The lowest BCUT2D eigenvalue weighted by Crippen LogP contribution is -2.48. The van der Waals surface area contributed by atoms with Gasteiger partial charge in [-0.25, -0.2) is 4.39 Å². The first kappa shape index (κ1) is 20.0.